The van der Waals surface area contributed by atoms with Gasteiger partial charge in [-0.15, -0.1) is 11.3 Å². The molecule has 2 atom stereocenters. The Hall–Kier alpha value is -1.07. The number of ether oxygens (including phenoxy) is 1. The second kappa shape index (κ2) is 5.37. The third kappa shape index (κ3) is 2.69. The van der Waals surface area contributed by atoms with Crippen LogP contribution in [0.1, 0.15) is 23.5 Å². The zero-order chi connectivity index (χ0) is 14.2. The van der Waals surface area contributed by atoms with E-state index in [1.165, 1.54) is 11.3 Å². The number of nitrogens with zero attached hydrogens (tertiary/aromatic N) is 1. The van der Waals surface area contributed by atoms with Crippen molar-refractivity contribution in [2.24, 2.45) is 0 Å². The highest BCUT2D eigenvalue weighted by Crippen LogP contribution is 2.37. The van der Waals surface area contributed by atoms with Crippen molar-refractivity contribution in [3.8, 4) is 5.75 Å². The molecule has 0 spiro atoms. The summed E-state index contributed by atoms with van der Waals surface area (Å²) in [5.74, 6) is 0.811. The molecule has 1 aromatic carbocycles. The minimum Gasteiger partial charge on any atom is -0.632 e. The van der Waals surface area contributed by atoms with Crippen LogP contribution < -0.4 is 4.74 Å². The maximum Gasteiger partial charge on any atom is 0.182 e. The summed E-state index contributed by atoms with van der Waals surface area (Å²) < 4.78 is 6.55. The quantitative estimate of drug-likeness (QED) is 0.609. The minimum atomic E-state index is -0.267. The van der Waals surface area contributed by atoms with E-state index >= 15 is 0 Å². The van der Waals surface area contributed by atoms with Gasteiger partial charge in [-0.25, -0.2) is 0 Å². The van der Waals surface area contributed by atoms with Crippen molar-refractivity contribution >= 4 is 22.9 Å². The molecule has 106 valence electrons. The maximum atomic E-state index is 12.9. The SMILES string of the molecule is CC[N+]1([O-])Cc2ccccc2OC(c2ccc(Cl)s2)C1. The van der Waals surface area contributed by atoms with E-state index in [9.17, 15) is 5.21 Å². The number of thiophene rings is 1. The average molecular weight is 310 g/mol. The predicted octanol–water partition coefficient (Wildman–Crippen LogP) is 4.37. The summed E-state index contributed by atoms with van der Waals surface area (Å²) in [5, 5.41) is 12.9. The van der Waals surface area contributed by atoms with E-state index in [0.29, 0.717) is 19.6 Å². The van der Waals surface area contributed by atoms with Crippen LogP contribution in [0.5, 0.6) is 5.75 Å². The number of likely N-dealkylation sites (N-methyl/N-ethyl adjacent to an activating group) is 1. The largest absolute Gasteiger partial charge is 0.632 e. The molecule has 0 N–H and O–H groups in total. The topological polar surface area (TPSA) is 32.3 Å². The Kier molecular flexibility index (Phi) is 3.73. The molecule has 20 heavy (non-hydrogen) atoms. The summed E-state index contributed by atoms with van der Waals surface area (Å²) in [6, 6.07) is 11.6. The summed E-state index contributed by atoms with van der Waals surface area (Å²) >= 11 is 7.49. The monoisotopic (exact) mass is 309 g/mol. The van der Waals surface area contributed by atoms with Gasteiger partial charge < -0.3 is 14.6 Å². The Morgan fingerprint density at radius 1 is 1.35 bits per heavy atom. The fraction of sp³-hybridized carbons (Fsp3) is 0.333. The van der Waals surface area contributed by atoms with E-state index in [1.807, 2.05) is 43.3 Å². The van der Waals surface area contributed by atoms with Gasteiger partial charge in [0.15, 0.2) is 6.10 Å². The van der Waals surface area contributed by atoms with Crippen LogP contribution in [-0.4, -0.2) is 17.7 Å². The molecular formula is C15H16ClNO2S. The normalized spacial score (nSPS) is 25.6. The maximum absolute atomic E-state index is 12.9. The highest BCUT2D eigenvalue weighted by Gasteiger charge is 2.31. The minimum absolute atomic E-state index is 0.228. The highest BCUT2D eigenvalue weighted by atomic mass is 35.5. The van der Waals surface area contributed by atoms with Crippen LogP contribution >= 0.6 is 22.9 Å². The van der Waals surface area contributed by atoms with Gasteiger partial charge in [0.2, 0.25) is 0 Å². The van der Waals surface area contributed by atoms with Crippen molar-refractivity contribution in [1.82, 2.24) is 0 Å². The van der Waals surface area contributed by atoms with Crippen LogP contribution in [0.15, 0.2) is 36.4 Å². The molecule has 3 rings (SSSR count). The smallest absolute Gasteiger partial charge is 0.182 e. The molecule has 2 heterocycles. The van der Waals surface area contributed by atoms with Crippen LogP contribution in [0, 0.1) is 5.21 Å². The van der Waals surface area contributed by atoms with Crippen molar-refractivity contribution < 1.29 is 9.38 Å². The number of quaternary nitrogens is 1. The van der Waals surface area contributed by atoms with Crippen LogP contribution in [0.25, 0.3) is 0 Å². The molecule has 1 aliphatic rings. The first-order valence-electron chi connectivity index (χ1n) is 6.66. The summed E-state index contributed by atoms with van der Waals surface area (Å²) in [4.78, 5) is 1.01. The van der Waals surface area contributed by atoms with Gasteiger partial charge in [-0.05, 0) is 31.2 Å². The Morgan fingerprint density at radius 3 is 2.85 bits per heavy atom. The van der Waals surface area contributed by atoms with Crippen LogP contribution in [0.3, 0.4) is 0 Å². The van der Waals surface area contributed by atoms with Crippen molar-refractivity contribution in [3.63, 3.8) is 0 Å². The molecule has 2 aromatic rings. The van der Waals surface area contributed by atoms with E-state index < -0.39 is 0 Å². The molecule has 0 aliphatic carbocycles. The lowest BCUT2D eigenvalue weighted by Crippen LogP contribution is -2.43. The number of para-hydroxylation sites is 1. The third-order valence-corrected chi connectivity index (χ3v) is 5.01. The summed E-state index contributed by atoms with van der Waals surface area (Å²) in [7, 11) is 0. The summed E-state index contributed by atoms with van der Waals surface area (Å²) in [6.07, 6.45) is -0.228. The third-order valence-electron chi connectivity index (χ3n) is 3.69. The molecule has 2 unspecified atom stereocenters. The standard InChI is InChI=1S/C15H16ClNO2S/c1-2-17(18)9-11-5-3-4-6-12(11)19-13(10-17)14-7-8-15(16)20-14/h3-8,13H,2,9-10H2,1H3. The number of halogens is 1. The van der Waals surface area contributed by atoms with Gasteiger partial charge in [0, 0.05) is 5.56 Å². The Bertz CT molecular complexity index is 615. The first-order valence-corrected chi connectivity index (χ1v) is 7.86. The van der Waals surface area contributed by atoms with Crippen molar-refractivity contribution in [2.75, 3.05) is 13.1 Å². The van der Waals surface area contributed by atoms with Gasteiger partial charge in [-0.3, -0.25) is 0 Å². The number of hydrogen-bond donors (Lipinski definition) is 0. The Morgan fingerprint density at radius 2 is 2.15 bits per heavy atom. The molecular weight excluding hydrogens is 294 g/mol. The first kappa shape index (κ1) is 13.9. The van der Waals surface area contributed by atoms with E-state index in [-0.39, 0.29) is 10.8 Å². The lowest BCUT2D eigenvalue weighted by Gasteiger charge is -2.41. The molecule has 5 heteroatoms. The van der Waals surface area contributed by atoms with E-state index in [4.69, 9.17) is 16.3 Å². The fourth-order valence-electron chi connectivity index (χ4n) is 2.51. The number of hydroxylamine groups is 3. The van der Waals surface area contributed by atoms with Crippen LogP contribution in [0.2, 0.25) is 4.34 Å². The Balaban J connectivity index is 2.00. The second-order valence-electron chi connectivity index (χ2n) is 5.07. The lowest BCUT2D eigenvalue weighted by molar-refractivity contribution is -0.894. The van der Waals surface area contributed by atoms with E-state index in [0.717, 1.165) is 20.5 Å². The lowest BCUT2D eigenvalue weighted by atomic mass is 10.2. The van der Waals surface area contributed by atoms with E-state index in [1.54, 1.807) is 0 Å². The number of fused-ring (bicyclic) bond motifs is 1. The molecule has 0 saturated heterocycles. The van der Waals surface area contributed by atoms with Crippen molar-refractivity contribution in [3.05, 3.63) is 56.4 Å². The van der Waals surface area contributed by atoms with Crippen LogP contribution in [-0.2, 0) is 6.54 Å². The second-order valence-corrected chi connectivity index (χ2v) is 6.82. The molecule has 3 nitrogen and oxygen atoms in total. The van der Waals surface area contributed by atoms with Crippen molar-refractivity contribution in [1.29, 1.82) is 0 Å². The summed E-state index contributed by atoms with van der Waals surface area (Å²) in [5.41, 5.74) is 0.981. The molecule has 0 fully saturated rings. The highest BCUT2D eigenvalue weighted by molar-refractivity contribution is 7.16. The predicted molar refractivity (Wildman–Crippen MR) is 81.9 cm³/mol. The molecule has 1 aromatic heterocycles. The van der Waals surface area contributed by atoms with Gasteiger partial charge in [-0.1, -0.05) is 23.7 Å². The average Bonchev–Trinajstić information content (AvgIpc) is 2.80. The molecule has 0 amide bonds. The van der Waals surface area contributed by atoms with Gasteiger partial charge in [-0.2, -0.15) is 0 Å². The van der Waals surface area contributed by atoms with Gasteiger partial charge in [0.05, 0.1) is 15.8 Å². The zero-order valence-corrected chi connectivity index (χ0v) is 12.8. The molecule has 0 bridgehead atoms. The van der Waals surface area contributed by atoms with Crippen molar-refractivity contribution in [2.45, 2.75) is 19.6 Å². The van der Waals surface area contributed by atoms with Gasteiger partial charge in [0.25, 0.3) is 0 Å². The molecule has 1 aliphatic heterocycles. The first-order chi connectivity index (χ1) is 9.59. The Labute approximate surface area is 127 Å². The molecule has 0 saturated carbocycles. The fourth-order valence-corrected chi connectivity index (χ4v) is 3.59. The number of rotatable bonds is 2. The number of hydrogen-bond acceptors (Lipinski definition) is 3. The number of benzene rings is 1. The van der Waals surface area contributed by atoms with Crippen LogP contribution in [0.4, 0.5) is 0 Å². The van der Waals surface area contributed by atoms with Gasteiger partial charge in [0.1, 0.15) is 18.8 Å². The zero-order valence-electron chi connectivity index (χ0n) is 11.2. The van der Waals surface area contributed by atoms with Gasteiger partial charge >= 0.3 is 0 Å². The van der Waals surface area contributed by atoms with E-state index in [2.05, 4.69) is 0 Å². The summed E-state index contributed by atoms with van der Waals surface area (Å²) in [6.45, 7) is 3.34. The molecule has 0 radical (unpaired) electrons.